The maximum Gasteiger partial charge on any atom is 0.344 e. The average molecular weight is 333 g/mol. The van der Waals surface area contributed by atoms with Crippen LogP contribution in [-0.4, -0.2) is 16.7 Å². The van der Waals surface area contributed by atoms with Crippen LogP contribution in [0.1, 0.15) is 5.69 Å². The van der Waals surface area contributed by atoms with Crippen LogP contribution in [0.3, 0.4) is 0 Å². The van der Waals surface area contributed by atoms with Gasteiger partial charge in [-0.3, -0.25) is 4.98 Å². The molecule has 2 aromatic heterocycles. The molecule has 124 valence electrons. The van der Waals surface area contributed by atoms with Gasteiger partial charge in [-0.25, -0.2) is 4.79 Å². The number of phenols is 1. The van der Waals surface area contributed by atoms with Crippen LogP contribution >= 0.6 is 0 Å². The predicted octanol–water partition coefficient (Wildman–Crippen LogP) is 3.67. The van der Waals surface area contributed by atoms with Crippen molar-refractivity contribution in [1.82, 2.24) is 4.98 Å². The van der Waals surface area contributed by atoms with E-state index in [1.54, 1.807) is 24.4 Å². The van der Waals surface area contributed by atoms with E-state index in [0.717, 1.165) is 16.5 Å². The molecule has 0 aliphatic carbocycles. The SMILES string of the molecule is O=c1oc2cc(OCCc3ccccn3)ccc2c2ccc(O)cc12. The lowest BCUT2D eigenvalue weighted by molar-refractivity contribution is 0.320. The van der Waals surface area contributed by atoms with Gasteiger partial charge in [-0.15, -0.1) is 0 Å². The lowest BCUT2D eigenvalue weighted by Gasteiger charge is -2.08. The lowest BCUT2D eigenvalue weighted by Crippen LogP contribution is -2.03. The van der Waals surface area contributed by atoms with Crippen molar-refractivity contribution in [2.24, 2.45) is 0 Å². The first-order valence-electron chi connectivity index (χ1n) is 7.93. The molecule has 4 rings (SSSR count). The first-order chi connectivity index (χ1) is 12.2. The van der Waals surface area contributed by atoms with Crippen LogP contribution in [0, 0.1) is 0 Å². The van der Waals surface area contributed by atoms with Crippen molar-refractivity contribution < 1.29 is 14.3 Å². The summed E-state index contributed by atoms with van der Waals surface area (Å²) in [7, 11) is 0. The second-order valence-corrected chi connectivity index (χ2v) is 5.70. The van der Waals surface area contributed by atoms with Gasteiger partial charge in [-0.2, -0.15) is 0 Å². The smallest absolute Gasteiger partial charge is 0.344 e. The van der Waals surface area contributed by atoms with E-state index in [4.69, 9.17) is 9.15 Å². The molecular formula is C20H15NO4. The molecule has 0 atom stereocenters. The van der Waals surface area contributed by atoms with E-state index < -0.39 is 5.63 Å². The first-order valence-corrected chi connectivity index (χ1v) is 7.93. The zero-order chi connectivity index (χ0) is 17.2. The Morgan fingerprint density at radius 1 is 1.00 bits per heavy atom. The fourth-order valence-corrected chi connectivity index (χ4v) is 2.81. The molecule has 2 aromatic carbocycles. The zero-order valence-electron chi connectivity index (χ0n) is 13.3. The van der Waals surface area contributed by atoms with Gasteiger partial charge in [0.25, 0.3) is 0 Å². The van der Waals surface area contributed by atoms with Crippen LogP contribution in [0.5, 0.6) is 11.5 Å². The number of hydrogen-bond acceptors (Lipinski definition) is 5. The molecule has 4 aromatic rings. The Bertz CT molecular complexity index is 1100. The summed E-state index contributed by atoms with van der Waals surface area (Å²) in [6.45, 7) is 0.480. The average Bonchev–Trinajstić information content (AvgIpc) is 2.63. The Morgan fingerprint density at radius 2 is 1.88 bits per heavy atom. The van der Waals surface area contributed by atoms with E-state index in [2.05, 4.69) is 4.98 Å². The topological polar surface area (TPSA) is 72.6 Å². The summed E-state index contributed by atoms with van der Waals surface area (Å²) < 4.78 is 11.1. The Morgan fingerprint density at radius 3 is 2.72 bits per heavy atom. The number of phenolic OH excluding ortho intramolecular Hbond substituents is 1. The number of aromatic nitrogens is 1. The van der Waals surface area contributed by atoms with Crippen molar-refractivity contribution in [3.05, 3.63) is 76.9 Å². The molecule has 1 N–H and O–H groups in total. The van der Waals surface area contributed by atoms with Gasteiger partial charge in [0.15, 0.2) is 0 Å². The quantitative estimate of drug-likeness (QED) is 0.456. The summed E-state index contributed by atoms with van der Waals surface area (Å²) in [5.41, 5.74) is 0.934. The molecule has 25 heavy (non-hydrogen) atoms. The molecule has 5 nitrogen and oxygen atoms in total. The minimum Gasteiger partial charge on any atom is -0.508 e. The van der Waals surface area contributed by atoms with Crippen molar-refractivity contribution in [2.75, 3.05) is 6.61 Å². The van der Waals surface area contributed by atoms with Gasteiger partial charge in [-0.05, 0) is 42.5 Å². The number of benzene rings is 2. The predicted molar refractivity (Wildman–Crippen MR) is 95.1 cm³/mol. The van der Waals surface area contributed by atoms with Crippen LogP contribution in [-0.2, 0) is 6.42 Å². The molecule has 0 radical (unpaired) electrons. The molecule has 0 aliphatic rings. The van der Waals surface area contributed by atoms with Gasteiger partial charge >= 0.3 is 5.63 Å². The molecule has 0 fully saturated rings. The molecule has 0 amide bonds. The number of rotatable bonds is 4. The standard InChI is InChI=1S/C20H15NO4/c22-14-4-6-16-17-7-5-15(12-19(17)25-20(23)18(16)11-14)24-10-8-13-3-1-2-9-21-13/h1-7,9,11-12,22H,8,10H2. The summed E-state index contributed by atoms with van der Waals surface area (Å²) in [6, 6.07) is 15.9. The molecule has 0 saturated carbocycles. The molecule has 0 unspecified atom stereocenters. The molecule has 0 saturated heterocycles. The highest BCUT2D eigenvalue weighted by atomic mass is 16.5. The molecule has 0 spiro atoms. The Kier molecular flexibility index (Phi) is 3.82. The fourth-order valence-electron chi connectivity index (χ4n) is 2.81. The second-order valence-electron chi connectivity index (χ2n) is 5.70. The van der Waals surface area contributed by atoms with E-state index in [-0.39, 0.29) is 5.75 Å². The molecule has 0 bridgehead atoms. The van der Waals surface area contributed by atoms with Crippen LogP contribution < -0.4 is 10.4 Å². The third kappa shape index (κ3) is 3.04. The number of aromatic hydroxyl groups is 1. The first kappa shape index (κ1) is 15.2. The van der Waals surface area contributed by atoms with Crippen molar-refractivity contribution in [1.29, 1.82) is 0 Å². The molecule has 5 heteroatoms. The normalized spacial score (nSPS) is 11.0. The number of pyridine rings is 1. The number of ether oxygens (including phenoxy) is 1. The van der Waals surface area contributed by atoms with E-state index >= 15 is 0 Å². The third-order valence-electron chi connectivity index (χ3n) is 4.02. The Balaban J connectivity index is 1.63. The molecule has 2 heterocycles. The highest BCUT2D eigenvalue weighted by Gasteiger charge is 2.09. The van der Waals surface area contributed by atoms with Crippen molar-refractivity contribution in [2.45, 2.75) is 6.42 Å². The Hall–Kier alpha value is -3.34. The third-order valence-corrected chi connectivity index (χ3v) is 4.02. The van der Waals surface area contributed by atoms with Crippen LogP contribution in [0.4, 0.5) is 0 Å². The minimum absolute atomic E-state index is 0.0358. The second kappa shape index (κ2) is 6.28. The highest BCUT2D eigenvalue weighted by Crippen LogP contribution is 2.28. The van der Waals surface area contributed by atoms with Crippen molar-refractivity contribution in [3.8, 4) is 11.5 Å². The van der Waals surface area contributed by atoms with E-state index in [0.29, 0.717) is 29.7 Å². The van der Waals surface area contributed by atoms with Gasteiger partial charge in [-0.1, -0.05) is 6.07 Å². The monoisotopic (exact) mass is 333 g/mol. The largest absolute Gasteiger partial charge is 0.508 e. The minimum atomic E-state index is -0.482. The Labute approximate surface area is 143 Å². The van der Waals surface area contributed by atoms with Gasteiger partial charge in [0.2, 0.25) is 0 Å². The lowest BCUT2D eigenvalue weighted by atomic mass is 10.1. The van der Waals surface area contributed by atoms with Crippen molar-refractivity contribution in [3.63, 3.8) is 0 Å². The highest BCUT2D eigenvalue weighted by molar-refractivity contribution is 6.04. The molecular weight excluding hydrogens is 318 g/mol. The zero-order valence-corrected chi connectivity index (χ0v) is 13.3. The number of nitrogens with zero attached hydrogens (tertiary/aromatic N) is 1. The van der Waals surface area contributed by atoms with E-state index in [1.807, 2.05) is 30.3 Å². The van der Waals surface area contributed by atoms with Crippen molar-refractivity contribution >= 4 is 21.7 Å². The fraction of sp³-hybridized carbons (Fsp3) is 0.100. The molecule has 0 aliphatic heterocycles. The summed E-state index contributed by atoms with van der Waals surface area (Å²) in [6.07, 6.45) is 2.45. The van der Waals surface area contributed by atoms with Gasteiger partial charge < -0.3 is 14.3 Å². The van der Waals surface area contributed by atoms with E-state index in [1.165, 1.54) is 6.07 Å². The number of fused-ring (bicyclic) bond motifs is 3. The van der Waals surface area contributed by atoms with Gasteiger partial charge in [0.1, 0.15) is 17.1 Å². The summed E-state index contributed by atoms with van der Waals surface area (Å²) in [4.78, 5) is 16.4. The van der Waals surface area contributed by atoms with Gasteiger partial charge in [0, 0.05) is 35.2 Å². The summed E-state index contributed by atoms with van der Waals surface area (Å²) in [5, 5.41) is 11.5. The van der Waals surface area contributed by atoms with Gasteiger partial charge in [0.05, 0.1) is 12.0 Å². The maximum absolute atomic E-state index is 12.1. The summed E-state index contributed by atoms with van der Waals surface area (Å²) in [5.74, 6) is 0.665. The van der Waals surface area contributed by atoms with Crippen LogP contribution in [0.15, 0.2) is 70.0 Å². The number of hydrogen-bond donors (Lipinski definition) is 1. The van der Waals surface area contributed by atoms with Crippen LogP contribution in [0.2, 0.25) is 0 Å². The van der Waals surface area contributed by atoms with E-state index in [9.17, 15) is 9.90 Å². The van der Waals surface area contributed by atoms with Crippen LogP contribution in [0.25, 0.3) is 21.7 Å². The maximum atomic E-state index is 12.1. The summed E-state index contributed by atoms with van der Waals surface area (Å²) >= 11 is 0.